The van der Waals surface area contributed by atoms with E-state index in [4.69, 9.17) is 4.74 Å². The molecule has 0 aliphatic heterocycles. The number of hydrogen-bond donors (Lipinski definition) is 0. The molecular formula is C16H13NO3. The fraction of sp³-hybridized carbons (Fsp3) is 0.188. The third-order valence-electron chi connectivity index (χ3n) is 3.04. The highest BCUT2D eigenvalue weighted by molar-refractivity contribution is 6.18. The molecule has 0 N–H and O–H groups in total. The van der Waals surface area contributed by atoms with E-state index >= 15 is 0 Å². The lowest BCUT2D eigenvalue weighted by Crippen LogP contribution is -2.14. The Morgan fingerprint density at radius 3 is 2.55 bits per heavy atom. The molecule has 0 atom stereocenters. The van der Waals surface area contributed by atoms with E-state index < -0.39 is 5.97 Å². The number of carbonyl (C=O) groups is 2. The normalized spacial score (nSPS) is 15.8. The number of rotatable bonds is 2. The molecule has 4 nitrogen and oxygen atoms in total. The third-order valence-corrected chi connectivity index (χ3v) is 3.04. The van der Waals surface area contributed by atoms with Crippen molar-refractivity contribution in [1.29, 1.82) is 5.26 Å². The number of ether oxygens (including phenoxy) is 1. The summed E-state index contributed by atoms with van der Waals surface area (Å²) in [6, 6.07) is 8.81. The molecule has 4 heteroatoms. The van der Waals surface area contributed by atoms with Gasteiger partial charge in [0.1, 0.15) is 11.6 Å². The van der Waals surface area contributed by atoms with Crippen LogP contribution in [0.5, 0.6) is 0 Å². The van der Waals surface area contributed by atoms with E-state index in [-0.39, 0.29) is 18.0 Å². The zero-order valence-corrected chi connectivity index (χ0v) is 11.3. The summed E-state index contributed by atoms with van der Waals surface area (Å²) < 4.78 is 4.89. The van der Waals surface area contributed by atoms with E-state index in [0.29, 0.717) is 22.3 Å². The molecule has 0 amide bonds. The average Bonchev–Trinajstić information content (AvgIpc) is 2.45. The van der Waals surface area contributed by atoms with E-state index in [9.17, 15) is 14.9 Å². The van der Waals surface area contributed by atoms with Crippen molar-refractivity contribution in [1.82, 2.24) is 0 Å². The number of allylic oxidation sites excluding steroid dienone is 3. The van der Waals surface area contributed by atoms with Crippen molar-refractivity contribution >= 4 is 17.3 Å². The van der Waals surface area contributed by atoms with Gasteiger partial charge < -0.3 is 4.74 Å². The first-order valence-electron chi connectivity index (χ1n) is 6.24. The van der Waals surface area contributed by atoms with Gasteiger partial charge in [0.2, 0.25) is 0 Å². The number of nitriles is 1. The first-order valence-corrected chi connectivity index (χ1v) is 6.24. The smallest absolute Gasteiger partial charge is 0.349 e. The molecule has 0 radical (unpaired) electrons. The van der Waals surface area contributed by atoms with Crippen LogP contribution in [-0.4, -0.2) is 18.4 Å². The molecule has 0 saturated carbocycles. The molecule has 20 heavy (non-hydrogen) atoms. The van der Waals surface area contributed by atoms with E-state index in [1.54, 1.807) is 44.2 Å². The topological polar surface area (TPSA) is 67.2 Å². The van der Waals surface area contributed by atoms with Gasteiger partial charge in [-0.3, -0.25) is 4.79 Å². The SMILES string of the molecule is CCOC(=O)/C(C#N)=C1/C=C(C)C(=O)c2ccccc21. The maximum atomic E-state index is 12.1. The Morgan fingerprint density at radius 2 is 1.95 bits per heavy atom. The lowest BCUT2D eigenvalue weighted by molar-refractivity contribution is -0.137. The highest BCUT2D eigenvalue weighted by Gasteiger charge is 2.25. The number of esters is 1. The van der Waals surface area contributed by atoms with E-state index in [1.807, 2.05) is 6.07 Å². The van der Waals surface area contributed by atoms with Gasteiger partial charge in [0.25, 0.3) is 0 Å². The Labute approximate surface area is 117 Å². The number of Topliss-reactive ketones (excluding diaryl/α,β-unsaturated/α-hetero) is 1. The minimum Gasteiger partial charge on any atom is -0.462 e. The standard InChI is InChI=1S/C16H13NO3/c1-3-20-16(19)14(9-17)13-8-10(2)15(18)12-7-5-4-6-11(12)13/h4-8H,3H2,1-2H3/b14-13-. The molecule has 1 aromatic carbocycles. The molecule has 0 unspecified atom stereocenters. The molecule has 1 aliphatic rings. The summed E-state index contributed by atoms with van der Waals surface area (Å²) in [5, 5.41) is 9.23. The summed E-state index contributed by atoms with van der Waals surface area (Å²) in [6.07, 6.45) is 1.57. The maximum Gasteiger partial charge on any atom is 0.349 e. The molecule has 0 saturated heterocycles. The zero-order valence-electron chi connectivity index (χ0n) is 11.3. The van der Waals surface area contributed by atoms with Crippen LogP contribution < -0.4 is 0 Å². The van der Waals surface area contributed by atoms with Gasteiger partial charge >= 0.3 is 5.97 Å². The number of hydrogen-bond acceptors (Lipinski definition) is 4. The van der Waals surface area contributed by atoms with Crippen LogP contribution in [0.3, 0.4) is 0 Å². The highest BCUT2D eigenvalue weighted by atomic mass is 16.5. The first-order chi connectivity index (χ1) is 9.60. The predicted octanol–water partition coefficient (Wildman–Crippen LogP) is 2.67. The Hall–Kier alpha value is -2.67. The Kier molecular flexibility index (Phi) is 3.81. The zero-order chi connectivity index (χ0) is 14.7. The van der Waals surface area contributed by atoms with Crippen LogP contribution in [0.2, 0.25) is 0 Å². The summed E-state index contributed by atoms with van der Waals surface area (Å²) in [4.78, 5) is 23.9. The molecule has 0 heterocycles. The minimum absolute atomic E-state index is 0.0776. The number of carbonyl (C=O) groups excluding carboxylic acids is 2. The third kappa shape index (κ3) is 2.26. The summed E-state index contributed by atoms with van der Waals surface area (Å²) in [5.41, 5.74) is 1.95. The van der Waals surface area contributed by atoms with Gasteiger partial charge in [0, 0.05) is 11.1 Å². The van der Waals surface area contributed by atoms with Gasteiger partial charge in [-0.05, 0) is 31.1 Å². The van der Waals surface area contributed by atoms with E-state index in [2.05, 4.69) is 0 Å². The fourth-order valence-corrected chi connectivity index (χ4v) is 2.11. The van der Waals surface area contributed by atoms with Crippen LogP contribution in [0.25, 0.3) is 5.57 Å². The van der Waals surface area contributed by atoms with Crippen LogP contribution in [0.1, 0.15) is 29.8 Å². The van der Waals surface area contributed by atoms with Crippen molar-refractivity contribution in [3.05, 3.63) is 52.6 Å². The minimum atomic E-state index is -0.668. The van der Waals surface area contributed by atoms with Crippen molar-refractivity contribution < 1.29 is 14.3 Å². The Bertz CT molecular complexity index is 690. The van der Waals surface area contributed by atoms with Crippen molar-refractivity contribution in [2.75, 3.05) is 6.61 Å². The molecule has 100 valence electrons. The van der Waals surface area contributed by atoms with Gasteiger partial charge in [-0.15, -0.1) is 0 Å². The monoisotopic (exact) mass is 267 g/mol. The van der Waals surface area contributed by atoms with Crippen LogP contribution in [0.4, 0.5) is 0 Å². The summed E-state index contributed by atoms with van der Waals surface area (Å²) in [5.74, 6) is -0.760. The summed E-state index contributed by atoms with van der Waals surface area (Å²) in [7, 11) is 0. The van der Waals surface area contributed by atoms with Gasteiger partial charge in [-0.25, -0.2) is 4.79 Å². The molecule has 1 aliphatic carbocycles. The molecule has 0 spiro atoms. The molecule has 1 aromatic rings. The van der Waals surface area contributed by atoms with Gasteiger partial charge in [0.15, 0.2) is 5.78 Å². The largest absolute Gasteiger partial charge is 0.462 e. The summed E-state index contributed by atoms with van der Waals surface area (Å²) >= 11 is 0. The van der Waals surface area contributed by atoms with Crippen molar-refractivity contribution in [3.63, 3.8) is 0 Å². The number of nitrogens with zero attached hydrogens (tertiary/aromatic N) is 1. The maximum absolute atomic E-state index is 12.1. The molecule has 0 fully saturated rings. The highest BCUT2D eigenvalue weighted by Crippen LogP contribution is 2.31. The predicted molar refractivity (Wildman–Crippen MR) is 73.7 cm³/mol. The van der Waals surface area contributed by atoms with Crippen LogP contribution in [0, 0.1) is 11.3 Å². The Morgan fingerprint density at radius 1 is 1.30 bits per heavy atom. The lowest BCUT2D eigenvalue weighted by Gasteiger charge is -2.17. The van der Waals surface area contributed by atoms with Gasteiger partial charge in [-0.1, -0.05) is 24.3 Å². The second kappa shape index (κ2) is 5.54. The molecule has 0 bridgehead atoms. The molecular weight excluding hydrogens is 254 g/mol. The molecule has 0 aromatic heterocycles. The quantitative estimate of drug-likeness (QED) is 0.469. The lowest BCUT2D eigenvalue weighted by atomic mass is 9.85. The van der Waals surface area contributed by atoms with Crippen molar-refractivity contribution in [2.45, 2.75) is 13.8 Å². The van der Waals surface area contributed by atoms with Crippen LogP contribution in [0.15, 0.2) is 41.5 Å². The first kappa shape index (κ1) is 13.8. The van der Waals surface area contributed by atoms with Crippen molar-refractivity contribution in [2.24, 2.45) is 0 Å². The van der Waals surface area contributed by atoms with E-state index in [1.165, 1.54) is 0 Å². The van der Waals surface area contributed by atoms with Crippen LogP contribution in [-0.2, 0) is 9.53 Å². The van der Waals surface area contributed by atoms with E-state index in [0.717, 1.165) is 0 Å². The summed E-state index contributed by atoms with van der Waals surface area (Å²) in [6.45, 7) is 3.54. The van der Waals surface area contributed by atoms with Gasteiger partial charge in [-0.2, -0.15) is 5.26 Å². The second-order valence-corrected chi connectivity index (χ2v) is 4.32. The number of fused-ring (bicyclic) bond motifs is 1. The number of ketones is 1. The van der Waals surface area contributed by atoms with Crippen molar-refractivity contribution in [3.8, 4) is 6.07 Å². The van der Waals surface area contributed by atoms with Gasteiger partial charge in [0.05, 0.1) is 6.61 Å². The number of benzene rings is 1. The molecule has 2 rings (SSSR count). The fourth-order valence-electron chi connectivity index (χ4n) is 2.11. The van der Waals surface area contributed by atoms with Crippen LogP contribution >= 0.6 is 0 Å². The second-order valence-electron chi connectivity index (χ2n) is 4.32. The average molecular weight is 267 g/mol. The Balaban J connectivity index is 2.69.